The van der Waals surface area contributed by atoms with Crippen molar-refractivity contribution in [3.8, 4) is 11.1 Å². The van der Waals surface area contributed by atoms with Gasteiger partial charge in [-0.05, 0) is 32.0 Å². The van der Waals surface area contributed by atoms with E-state index in [-0.39, 0.29) is 5.43 Å². The molecule has 7 heteroatoms. The third kappa shape index (κ3) is 4.29. The normalized spacial score (nSPS) is 17.2. The van der Waals surface area contributed by atoms with Gasteiger partial charge in [0.25, 0.3) is 0 Å². The lowest BCUT2D eigenvalue weighted by Gasteiger charge is -2.38. The van der Waals surface area contributed by atoms with Gasteiger partial charge in [0.05, 0.1) is 18.6 Å². The lowest BCUT2D eigenvalue weighted by Crippen LogP contribution is -2.48. The molecule has 2 aliphatic rings. The van der Waals surface area contributed by atoms with Crippen LogP contribution in [0.1, 0.15) is 13.8 Å². The number of morpholine rings is 1. The summed E-state index contributed by atoms with van der Waals surface area (Å²) in [5.74, 6) is 0.621. The third-order valence-electron chi connectivity index (χ3n) is 8.24. The maximum atomic E-state index is 13.2. The van der Waals surface area contributed by atoms with Crippen LogP contribution in [0.15, 0.2) is 69.9 Å². The zero-order valence-electron chi connectivity index (χ0n) is 22.5. The van der Waals surface area contributed by atoms with Crippen LogP contribution in [0.25, 0.3) is 42.3 Å². The maximum absolute atomic E-state index is 13.2. The molecule has 3 aromatic carbocycles. The van der Waals surface area contributed by atoms with E-state index < -0.39 is 0 Å². The summed E-state index contributed by atoms with van der Waals surface area (Å²) >= 11 is 1.83. The van der Waals surface area contributed by atoms with Gasteiger partial charge in [0.1, 0.15) is 5.58 Å². The molecule has 0 radical (unpaired) electrons. The van der Waals surface area contributed by atoms with Crippen LogP contribution >= 0.6 is 11.3 Å². The summed E-state index contributed by atoms with van der Waals surface area (Å²) in [6, 6.07) is 21.4. The van der Waals surface area contributed by atoms with Crippen LogP contribution in [0.2, 0.25) is 0 Å². The topological polar surface area (TPSA) is 49.2 Å². The zero-order chi connectivity index (χ0) is 26.5. The highest BCUT2D eigenvalue weighted by Crippen LogP contribution is 2.46. The van der Waals surface area contributed by atoms with Gasteiger partial charge in [-0.3, -0.25) is 9.69 Å². The summed E-state index contributed by atoms with van der Waals surface area (Å²) in [4.78, 5) is 20.4. The average Bonchev–Trinajstić information content (AvgIpc) is 3.37. The Hall–Kier alpha value is -3.39. The Labute approximate surface area is 232 Å². The number of hydrogen-bond acceptors (Lipinski definition) is 7. The standard InChI is InChI=1S/C32H33N3O3S/c1-21(2)33-12-14-34(15-13-33)26-11-10-23(32-30(26)25-6-3-4-9-28(25)39-32)22-7-5-8-24-27(36)20-29(38-31(22)24)35-16-18-37-19-17-35/h3-11,20-21H,12-19H2,1-2H3. The average molecular weight is 540 g/mol. The van der Waals surface area contributed by atoms with Crippen molar-refractivity contribution in [3.05, 3.63) is 70.9 Å². The van der Waals surface area contributed by atoms with Crippen LogP contribution in [0, 0.1) is 0 Å². The summed E-state index contributed by atoms with van der Waals surface area (Å²) in [6.07, 6.45) is 0. The fourth-order valence-electron chi connectivity index (χ4n) is 6.08. The predicted molar refractivity (Wildman–Crippen MR) is 163 cm³/mol. The minimum atomic E-state index is -0.00757. The molecule has 0 spiro atoms. The molecule has 39 heavy (non-hydrogen) atoms. The Bertz CT molecular complexity index is 1730. The Morgan fingerprint density at radius 3 is 2.36 bits per heavy atom. The number of thiophene rings is 1. The smallest absolute Gasteiger partial charge is 0.200 e. The molecule has 4 heterocycles. The number of para-hydroxylation sites is 1. The van der Waals surface area contributed by atoms with E-state index in [1.165, 1.54) is 25.9 Å². The van der Waals surface area contributed by atoms with E-state index in [4.69, 9.17) is 9.15 Å². The first-order valence-corrected chi connectivity index (χ1v) is 14.7. The molecule has 0 amide bonds. The Kier molecular flexibility index (Phi) is 6.30. The molecule has 7 rings (SSSR count). The SMILES string of the molecule is CC(C)N1CCN(c2ccc(-c3cccc4c(=O)cc(N5CCOCC5)oc34)c3sc4ccccc4c23)CC1. The summed E-state index contributed by atoms with van der Waals surface area (Å²) in [5, 5.41) is 3.21. The van der Waals surface area contributed by atoms with Gasteiger partial charge in [0.15, 0.2) is 11.3 Å². The molecule has 2 aliphatic heterocycles. The number of benzene rings is 3. The van der Waals surface area contributed by atoms with Gasteiger partial charge in [-0.15, -0.1) is 11.3 Å². The number of anilines is 2. The lowest BCUT2D eigenvalue weighted by molar-refractivity contribution is 0.121. The molecule has 200 valence electrons. The molecule has 2 fully saturated rings. The Balaban J connectivity index is 1.41. The van der Waals surface area contributed by atoms with E-state index in [9.17, 15) is 4.79 Å². The molecule has 0 unspecified atom stereocenters. The van der Waals surface area contributed by atoms with Crippen LogP contribution in [0.3, 0.4) is 0 Å². The molecule has 5 aromatic rings. The van der Waals surface area contributed by atoms with Crippen molar-refractivity contribution >= 4 is 54.0 Å². The largest absolute Gasteiger partial charge is 0.440 e. The van der Waals surface area contributed by atoms with Gasteiger partial charge in [-0.1, -0.05) is 36.4 Å². The minimum absolute atomic E-state index is 0.00757. The number of rotatable bonds is 4. The fourth-order valence-corrected chi connectivity index (χ4v) is 7.33. The minimum Gasteiger partial charge on any atom is -0.440 e. The molecule has 0 bridgehead atoms. The highest BCUT2D eigenvalue weighted by molar-refractivity contribution is 7.26. The fraction of sp³-hybridized carbons (Fsp3) is 0.344. The van der Waals surface area contributed by atoms with Crippen LogP contribution in [-0.4, -0.2) is 63.4 Å². The second-order valence-electron chi connectivity index (χ2n) is 10.8. The Morgan fingerprint density at radius 2 is 1.56 bits per heavy atom. The molecule has 2 aromatic heterocycles. The monoisotopic (exact) mass is 539 g/mol. The van der Waals surface area contributed by atoms with Crippen LogP contribution in [0.4, 0.5) is 11.6 Å². The van der Waals surface area contributed by atoms with Crippen LogP contribution in [0.5, 0.6) is 0 Å². The summed E-state index contributed by atoms with van der Waals surface area (Å²) in [6.45, 7) is 11.4. The lowest BCUT2D eigenvalue weighted by atomic mass is 9.98. The van der Waals surface area contributed by atoms with Crippen molar-refractivity contribution < 1.29 is 9.15 Å². The van der Waals surface area contributed by atoms with Crippen molar-refractivity contribution in [2.24, 2.45) is 0 Å². The van der Waals surface area contributed by atoms with Gasteiger partial charge in [-0.2, -0.15) is 0 Å². The zero-order valence-corrected chi connectivity index (χ0v) is 23.3. The molecule has 0 atom stereocenters. The second-order valence-corrected chi connectivity index (χ2v) is 11.8. The first-order chi connectivity index (χ1) is 19.1. The van der Waals surface area contributed by atoms with E-state index in [2.05, 4.69) is 71.0 Å². The van der Waals surface area contributed by atoms with E-state index in [0.29, 0.717) is 36.1 Å². The number of fused-ring (bicyclic) bond motifs is 4. The van der Waals surface area contributed by atoms with E-state index in [1.54, 1.807) is 6.07 Å². The molecule has 0 aliphatic carbocycles. The van der Waals surface area contributed by atoms with Gasteiger partial charge < -0.3 is 19.0 Å². The highest BCUT2D eigenvalue weighted by atomic mass is 32.1. The summed E-state index contributed by atoms with van der Waals surface area (Å²) in [7, 11) is 0. The highest BCUT2D eigenvalue weighted by Gasteiger charge is 2.24. The first-order valence-electron chi connectivity index (χ1n) is 13.9. The second kappa shape index (κ2) is 9.97. The van der Waals surface area contributed by atoms with Crippen molar-refractivity contribution in [1.29, 1.82) is 0 Å². The Morgan fingerprint density at radius 1 is 0.795 bits per heavy atom. The van der Waals surface area contributed by atoms with Gasteiger partial charge in [0, 0.05) is 88.4 Å². The number of nitrogens with zero attached hydrogens (tertiary/aromatic N) is 3. The first kappa shape index (κ1) is 24.6. The van der Waals surface area contributed by atoms with E-state index in [0.717, 1.165) is 50.4 Å². The van der Waals surface area contributed by atoms with Crippen molar-refractivity contribution in [2.75, 3.05) is 62.3 Å². The van der Waals surface area contributed by atoms with Crippen LogP contribution in [-0.2, 0) is 4.74 Å². The van der Waals surface area contributed by atoms with Crippen molar-refractivity contribution in [2.45, 2.75) is 19.9 Å². The quantitative estimate of drug-likeness (QED) is 0.271. The number of hydrogen-bond donors (Lipinski definition) is 0. The van der Waals surface area contributed by atoms with E-state index >= 15 is 0 Å². The predicted octanol–water partition coefficient (Wildman–Crippen LogP) is 6.19. The summed E-state index contributed by atoms with van der Waals surface area (Å²) in [5.41, 5.74) is 4.02. The van der Waals surface area contributed by atoms with Gasteiger partial charge in [-0.25, -0.2) is 0 Å². The molecule has 2 saturated heterocycles. The molecule has 0 saturated carbocycles. The van der Waals surface area contributed by atoms with Crippen molar-refractivity contribution in [1.82, 2.24) is 4.90 Å². The van der Waals surface area contributed by atoms with Gasteiger partial charge >= 0.3 is 0 Å². The molecule has 6 nitrogen and oxygen atoms in total. The third-order valence-corrected chi connectivity index (χ3v) is 9.45. The summed E-state index contributed by atoms with van der Waals surface area (Å²) < 4.78 is 14.6. The van der Waals surface area contributed by atoms with Gasteiger partial charge in [0.2, 0.25) is 0 Å². The maximum Gasteiger partial charge on any atom is 0.200 e. The van der Waals surface area contributed by atoms with Crippen molar-refractivity contribution in [3.63, 3.8) is 0 Å². The number of piperazine rings is 1. The molecule has 0 N–H and O–H groups in total. The van der Waals surface area contributed by atoms with Crippen LogP contribution < -0.4 is 15.2 Å². The van der Waals surface area contributed by atoms with E-state index in [1.807, 2.05) is 23.5 Å². The molecular weight excluding hydrogens is 506 g/mol. The molecular formula is C32H33N3O3S. The number of ether oxygens (including phenoxy) is 1.